The molecular weight excluding hydrogens is 357 g/mol. The molecule has 0 saturated heterocycles. The van der Waals surface area contributed by atoms with Crippen LogP contribution < -0.4 is 10.1 Å². The second-order valence-electron chi connectivity index (χ2n) is 6.79. The molecule has 0 radical (unpaired) electrons. The van der Waals surface area contributed by atoms with Gasteiger partial charge in [-0.1, -0.05) is 0 Å². The Hall–Kier alpha value is -3.08. The van der Waals surface area contributed by atoms with Crippen molar-refractivity contribution in [2.75, 3.05) is 11.9 Å². The summed E-state index contributed by atoms with van der Waals surface area (Å²) < 4.78 is 24.8. The van der Waals surface area contributed by atoms with E-state index in [0.29, 0.717) is 18.0 Å². The molecule has 3 aromatic rings. The smallest absolute Gasteiger partial charge is 0.248 e. The molecule has 0 fully saturated rings. The number of hydrogen-bond donors (Lipinski definition) is 1. The molecule has 2 aromatic carbocycles. The molecule has 0 aliphatic rings. The van der Waals surface area contributed by atoms with E-state index >= 15 is 0 Å². The number of allylic oxidation sites excluding steroid dienone is 1. The first-order chi connectivity index (χ1) is 13.3. The van der Waals surface area contributed by atoms with E-state index in [4.69, 9.17) is 9.15 Å². The molecule has 1 amide bonds. The first-order valence-corrected chi connectivity index (χ1v) is 9.23. The Kier molecular flexibility index (Phi) is 5.54. The van der Waals surface area contributed by atoms with Crippen molar-refractivity contribution in [2.24, 2.45) is 0 Å². The van der Waals surface area contributed by atoms with Crippen LogP contribution in [0, 0.1) is 26.6 Å². The van der Waals surface area contributed by atoms with E-state index < -0.39 is 0 Å². The van der Waals surface area contributed by atoms with E-state index in [1.807, 2.05) is 40.7 Å². The third-order valence-corrected chi connectivity index (χ3v) is 4.82. The molecule has 1 aromatic heterocycles. The minimum absolute atomic E-state index is 0.288. The molecule has 5 heteroatoms. The monoisotopic (exact) mass is 381 g/mol. The normalized spacial score (nSPS) is 11.7. The van der Waals surface area contributed by atoms with Gasteiger partial charge in [-0.3, -0.25) is 4.79 Å². The first-order valence-electron chi connectivity index (χ1n) is 9.23. The van der Waals surface area contributed by atoms with Crippen LogP contribution in [0.3, 0.4) is 0 Å². The van der Waals surface area contributed by atoms with Crippen LogP contribution in [0.1, 0.15) is 36.3 Å². The zero-order valence-corrected chi connectivity index (χ0v) is 16.8. The van der Waals surface area contributed by atoms with Crippen molar-refractivity contribution in [1.82, 2.24) is 0 Å². The highest BCUT2D eigenvalue weighted by Crippen LogP contribution is 2.38. The number of fused-ring (bicyclic) bond motifs is 1. The van der Waals surface area contributed by atoms with Gasteiger partial charge in [0.05, 0.1) is 6.61 Å². The van der Waals surface area contributed by atoms with Gasteiger partial charge in [-0.05, 0) is 76.1 Å². The quantitative estimate of drug-likeness (QED) is 0.557. The number of carbonyl (C=O) groups excluding carboxylic acids is 1. The van der Waals surface area contributed by atoms with Crippen LogP contribution in [0.4, 0.5) is 10.1 Å². The maximum absolute atomic E-state index is 13.0. The molecule has 0 bridgehead atoms. The first kappa shape index (κ1) is 19.7. The SMILES string of the molecule is CCOc1c(/C(C)=C/C(=O)Nc2ccc(F)cc2)cc2c(C)c(C)oc2c1C. The number of rotatable bonds is 5. The number of anilines is 1. The fourth-order valence-electron chi connectivity index (χ4n) is 3.22. The van der Waals surface area contributed by atoms with Gasteiger partial charge in [0, 0.05) is 28.3 Å². The largest absolute Gasteiger partial charge is 0.493 e. The summed E-state index contributed by atoms with van der Waals surface area (Å²) in [7, 11) is 0. The van der Waals surface area contributed by atoms with E-state index in [-0.39, 0.29) is 11.7 Å². The lowest BCUT2D eigenvalue weighted by molar-refractivity contribution is -0.111. The second-order valence-corrected chi connectivity index (χ2v) is 6.79. The van der Waals surface area contributed by atoms with Gasteiger partial charge < -0.3 is 14.5 Å². The Balaban J connectivity index is 2.01. The average Bonchev–Trinajstić information content (AvgIpc) is 2.94. The maximum atomic E-state index is 13.0. The van der Waals surface area contributed by atoms with Crippen LogP contribution in [0.2, 0.25) is 0 Å². The molecule has 1 heterocycles. The summed E-state index contributed by atoms with van der Waals surface area (Å²) in [6, 6.07) is 7.67. The van der Waals surface area contributed by atoms with E-state index in [1.165, 1.54) is 30.3 Å². The average molecular weight is 381 g/mol. The minimum atomic E-state index is -0.347. The van der Waals surface area contributed by atoms with Crippen LogP contribution in [0.5, 0.6) is 5.75 Å². The summed E-state index contributed by atoms with van der Waals surface area (Å²) >= 11 is 0. The number of ether oxygens (including phenoxy) is 1. The number of carbonyl (C=O) groups is 1. The summed E-state index contributed by atoms with van der Waals surface area (Å²) in [6.07, 6.45) is 1.52. The highest BCUT2D eigenvalue weighted by molar-refractivity contribution is 6.05. The van der Waals surface area contributed by atoms with Gasteiger partial charge in [0.15, 0.2) is 0 Å². The Morgan fingerprint density at radius 1 is 1.18 bits per heavy atom. The summed E-state index contributed by atoms with van der Waals surface area (Å²) in [5, 5.41) is 3.76. The number of benzene rings is 2. The molecular formula is C23H24FNO3. The van der Waals surface area contributed by atoms with Crippen molar-refractivity contribution in [1.29, 1.82) is 0 Å². The van der Waals surface area contributed by atoms with E-state index in [0.717, 1.165) is 39.0 Å². The van der Waals surface area contributed by atoms with Crippen molar-refractivity contribution < 1.29 is 18.3 Å². The summed E-state index contributed by atoms with van der Waals surface area (Å²) in [5.74, 6) is 0.950. The lowest BCUT2D eigenvalue weighted by Gasteiger charge is -2.14. The third kappa shape index (κ3) is 3.79. The van der Waals surface area contributed by atoms with Gasteiger partial charge >= 0.3 is 0 Å². The third-order valence-electron chi connectivity index (χ3n) is 4.82. The van der Waals surface area contributed by atoms with Crippen molar-refractivity contribution in [3.63, 3.8) is 0 Å². The number of aryl methyl sites for hydroxylation is 3. The lowest BCUT2D eigenvalue weighted by Crippen LogP contribution is -2.09. The van der Waals surface area contributed by atoms with Crippen LogP contribution in [-0.2, 0) is 4.79 Å². The lowest BCUT2D eigenvalue weighted by atomic mass is 9.98. The van der Waals surface area contributed by atoms with Gasteiger partial charge in [0.1, 0.15) is 22.9 Å². The van der Waals surface area contributed by atoms with E-state index in [9.17, 15) is 9.18 Å². The number of furan rings is 1. The fourth-order valence-corrected chi connectivity index (χ4v) is 3.22. The standard InChI is InChI=1S/C23H24FNO3/c1-6-27-22-15(4)23-20(14(3)16(5)28-23)12-19(22)13(2)11-21(26)25-18-9-7-17(24)8-10-18/h7-12H,6H2,1-5H3,(H,25,26)/b13-11+. The molecule has 0 saturated carbocycles. The maximum Gasteiger partial charge on any atom is 0.248 e. The number of nitrogens with one attached hydrogen (secondary N) is 1. The number of hydrogen-bond acceptors (Lipinski definition) is 3. The van der Waals surface area contributed by atoms with Crippen LogP contribution in [-0.4, -0.2) is 12.5 Å². The molecule has 0 aliphatic heterocycles. The zero-order valence-electron chi connectivity index (χ0n) is 16.8. The summed E-state index contributed by atoms with van der Waals surface area (Å²) in [6.45, 7) is 10.2. The number of halogens is 1. The molecule has 0 unspecified atom stereocenters. The summed E-state index contributed by atoms with van der Waals surface area (Å²) in [5.41, 5.74) is 4.96. The van der Waals surface area contributed by atoms with Gasteiger partial charge in [-0.15, -0.1) is 0 Å². The molecule has 4 nitrogen and oxygen atoms in total. The molecule has 0 aliphatic carbocycles. The highest BCUT2D eigenvalue weighted by Gasteiger charge is 2.18. The van der Waals surface area contributed by atoms with Crippen LogP contribution in [0.15, 0.2) is 40.8 Å². The molecule has 28 heavy (non-hydrogen) atoms. The van der Waals surface area contributed by atoms with E-state index in [2.05, 4.69) is 5.32 Å². The molecule has 0 spiro atoms. The highest BCUT2D eigenvalue weighted by atomic mass is 19.1. The second kappa shape index (κ2) is 7.89. The van der Waals surface area contributed by atoms with Gasteiger partial charge in [-0.25, -0.2) is 4.39 Å². The Morgan fingerprint density at radius 2 is 1.86 bits per heavy atom. The van der Waals surface area contributed by atoms with E-state index in [1.54, 1.807) is 0 Å². The van der Waals surface area contributed by atoms with Crippen molar-refractivity contribution in [3.8, 4) is 5.75 Å². The minimum Gasteiger partial charge on any atom is -0.493 e. The predicted molar refractivity (Wildman–Crippen MR) is 110 cm³/mol. The van der Waals surface area contributed by atoms with Crippen molar-refractivity contribution >= 4 is 28.1 Å². The van der Waals surface area contributed by atoms with Gasteiger partial charge in [0.25, 0.3) is 0 Å². The van der Waals surface area contributed by atoms with Crippen LogP contribution in [0.25, 0.3) is 16.5 Å². The fraction of sp³-hybridized carbons (Fsp3) is 0.261. The molecule has 1 N–H and O–H groups in total. The van der Waals surface area contributed by atoms with Crippen molar-refractivity contribution in [2.45, 2.75) is 34.6 Å². The Bertz CT molecular complexity index is 1060. The zero-order chi connectivity index (χ0) is 20.4. The molecule has 0 atom stereocenters. The van der Waals surface area contributed by atoms with Gasteiger partial charge in [0.2, 0.25) is 5.91 Å². The number of amides is 1. The predicted octanol–water partition coefficient (Wildman–Crippen LogP) is 5.94. The Morgan fingerprint density at radius 3 is 2.50 bits per heavy atom. The molecule has 146 valence electrons. The summed E-state index contributed by atoms with van der Waals surface area (Å²) in [4.78, 5) is 12.4. The van der Waals surface area contributed by atoms with Crippen molar-refractivity contribution in [3.05, 3.63) is 64.7 Å². The Labute approximate surface area is 164 Å². The topological polar surface area (TPSA) is 51.5 Å². The van der Waals surface area contributed by atoms with Crippen LogP contribution >= 0.6 is 0 Å². The molecule has 3 rings (SSSR count). The van der Waals surface area contributed by atoms with Gasteiger partial charge in [-0.2, -0.15) is 0 Å².